The van der Waals surface area contributed by atoms with Crippen molar-refractivity contribution in [3.63, 3.8) is 0 Å². The van der Waals surface area contributed by atoms with E-state index in [1.54, 1.807) is 30.3 Å². The van der Waals surface area contributed by atoms with Crippen LogP contribution in [-0.4, -0.2) is 10.2 Å². The first-order valence-corrected chi connectivity index (χ1v) is 7.04. The van der Waals surface area contributed by atoms with Crippen LogP contribution in [0.25, 0.3) is 28.0 Å². The Balaban J connectivity index is 2.09. The molecule has 108 valence electrons. The minimum absolute atomic E-state index is 0.219. The fourth-order valence-electron chi connectivity index (χ4n) is 3.06. The van der Waals surface area contributed by atoms with E-state index in [-0.39, 0.29) is 11.5 Å². The molecule has 0 unspecified atom stereocenters. The molecule has 0 radical (unpaired) electrons. The molecule has 3 nitrogen and oxygen atoms in total. The molecule has 1 aliphatic heterocycles. The number of phenols is 2. The van der Waals surface area contributed by atoms with Gasteiger partial charge in [0.1, 0.15) is 23.9 Å². The summed E-state index contributed by atoms with van der Waals surface area (Å²) in [7, 11) is 0. The van der Waals surface area contributed by atoms with Gasteiger partial charge in [0.15, 0.2) is 0 Å². The summed E-state index contributed by atoms with van der Waals surface area (Å²) < 4.78 is 5.91. The van der Waals surface area contributed by atoms with Gasteiger partial charge >= 0.3 is 0 Å². The summed E-state index contributed by atoms with van der Waals surface area (Å²) in [5.74, 6) is 1.23. The first-order chi connectivity index (χ1) is 10.7. The van der Waals surface area contributed by atoms with Gasteiger partial charge < -0.3 is 14.9 Å². The van der Waals surface area contributed by atoms with E-state index in [2.05, 4.69) is 6.58 Å². The van der Waals surface area contributed by atoms with Gasteiger partial charge in [-0.1, -0.05) is 24.8 Å². The third kappa shape index (κ3) is 1.76. The largest absolute Gasteiger partial charge is 0.508 e. The topological polar surface area (TPSA) is 49.7 Å². The predicted molar refractivity (Wildman–Crippen MR) is 87.1 cm³/mol. The molecule has 0 aromatic heterocycles. The van der Waals surface area contributed by atoms with Crippen molar-refractivity contribution >= 4 is 16.8 Å². The first-order valence-electron chi connectivity index (χ1n) is 7.04. The molecule has 0 aliphatic carbocycles. The van der Waals surface area contributed by atoms with Gasteiger partial charge in [-0.05, 0) is 46.7 Å². The maximum atomic E-state index is 9.74. The van der Waals surface area contributed by atoms with Gasteiger partial charge in [-0.25, -0.2) is 0 Å². The van der Waals surface area contributed by atoms with Gasteiger partial charge in [-0.3, -0.25) is 0 Å². The highest BCUT2D eigenvalue weighted by Crippen LogP contribution is 2.45. The lowest BCUT2D eigenvalue weighted by Gasteiger charge is -2.24. The molecule has 3 aromatic rings. The third-order valence-electron chi connectivity index (χ3n) is 4.07. The van der Waals surface area contributed by atoms with Gasteiger partial charge in [-0.2, -0.15) is 0 Å². The smallest absolute Gasteiger partial charge is 0.135 e. The summed E-state index contributed by atoms with van der Waals surface area (Å²) in [6, 6.07) is 12.6. The van der Waals surface area contributed by atoms with Crippen LogP contribution in [0, 0.1) is 0 Å². The molecule has 2 N–H and O–H groups in total. The van der Waals surface area contributed by atoms with Crippen molar-refractivity contribution in [1.29, 1.82) is 0 Å². The predicted octanol–water partition coefficient (Wildman–Crippen LogP) is 4.45. The highest BCUT2D eigenvalue weighted by molar-refractivity contribution is 5.99. The first kappa shape index (κ1) is 12.8. The second kappa shape index (κ2) is 4.53. The summed E-state index contributed by atoms with van der Waals surface area (Å²) in [6.45, 7) is 4.29. The van der Waals surface area contributed by atoms with Crippen LogP contribution in [-0.2, 0) is 6.61 Å². The molecule has 0 saturated carbocycles. The molecule has 22 heavy (non-hydrogen) atoms. The van der Waals surface area contributed by atoms with Gasteiger partial charge in [0.05, 0.1) is 0 Å². The van der Waals surface area contributed by atoms with Gasteiger partial charge in [0.25, 0.3) is 0 Å². The molecule has 4 rings (SSSR count). The monoisotopic (exact) mass is 290 g/mol. The Kier molecular flexibility index (Phi) is 2.63. The van der Waals surface area contributed by atoms with Gasteiger partial charge in [0.2, 0.25) is 0 Å². The van der Waals surface area contributed by atoms with E-state index in [1.165, 1.54) is 0 Å². The number of fused-ring (bicyclic) bond motifs is 4. The van der Waals surface area contributed by atoms with Gasteiger partial charge in [-0.15, -0.1) is 0 Å². The van der Waals surface area contributed by atoms with Crippen LogP contribution in [0.1, 0.15) is 11.1 Å². The van der Waals surface area contributed by atoms with E-state index in [0.717, 1.165) is 38.8 Å². The number of benzene rings is 3. The normalized spacial score (nSPS) is 12.4. The lowest BCUT2D eigenvalue weighted by Crippen LogP contribution is -2.07. The SMILES string of the molecule is C=Cc1c2c(cc3ccc(O)cc13)-c1ccc(O)cc1CO2. The van der Waals surface area contributed by atoms with Crippen LogP contribution in [0.5, 0.6) is 17.2 Å². The minimum atomic E-state index is 0.219. The van der Waals surface area contributed by atoms with E-state index >= 15 is 0 Å². The van der Waals surface area contributed by atoms with Crippen LogP contribution >= 0.6 is 0 Å². The van der Waals surface area contributed by atoms with Crippen LogP contribution in [0.3, 0.4) is 0 Å². The molecule has 1 aliphatic rings. The zero-order valence-electron chi connectivity index (χ0n) is 11.8. The lowest BCUT2D eigenvalue weighted by molar-refractivity contribution is 0.301. The number of aromatic hydroxyl groups is 2. The van der Waals surface area contributed by atoms with Crippen molar-refractivity contribution in [3.05, 3.63) is 60.2 Å². The zero-order valence-corrected chi connectivity index (χ0v) is 11.8. The van der Waals surface area contributed by atoms with Crippen molar-refractivity contribution < 1.29 is 14.9 Å². The molecule has 0 bridgehead atoms. The van der Waals surface area contributed by atoms with Crippen molar-refractivity contribution in [2.75, 3.05) is 0 Å². The molecular weight excluding hydrogens is 276 g/mol. The quantitative estimate of drug-likeness (QED) is 0.696. The van der Waals surface area contributed by atoms with E-state index in [1.807, 2.05) is 18.2 Å². The average Bonchev–Trinajstić information content (AvgIpc) is 2.52. The van der Waals surface area contributed by atoms with Gasteiger partial charge in [0, 0.05) is 16.7 Å². The Morgan fingerprint density at radius 3 is 2.55 bits per heavy atom. The highest BCUT2D eigenvalue weighted by atomic mass is 16.5. The number of hydrogen-bond acceptors (Lipinski definition) is 3. The molecule has 0 atom stereocenters. The molecule has 0 saturated heterocycles. The summed E-state index contributed by atoms with van der Waals surface area (Å²) in [5, 5.41) is 21.3. The summed E-state index contributed by atoms with van der Waals surface area (Å²) in [6.07, 6.45) is 1.76. The molecule has 1 heterocycles. The Bertz CT molecular complexity index is 926. The lowest BCUT2D eigenvalue weighted by atomic mass is 9.91. The molecule has 3 aromatic carbocycles. The Morgan fingerprint density at radius 1 is 0.955 bits per heavy atom. The summed E-state index contributed by atoms with van der Waals surface area (Å²) in [5.41, 5.74) is 3.87. The molecule has 0 amide bonds. The molecule has 3 heteroatoms. The number of hydrogen-bond donors (Lipinski definition) is 2. The highest BCUT2D eigenvalue weighted by Gasteiger charge is 2.21. The number of ether oxygens (including phenoxy) is 1. The number of phenolic OH excluding ortho intramolecular Hbond substituents is 2. The van der Waals surface area contributed by atoms with Crippen molar-refractivity contribution in [3.8, 4) is 28.4 Å². The molecule has 0 fully saturated rings. The third-order valence-corrected chi connectivity index (χ3v) is 4.07. The van der Waals surface area contributed by atoms with Crippen molar-refractivity contribution in [2.45, 2.75) is 6.61 Å². The molecular formula is C19H14O3. The summed E-state index contributed by atoms with van der Waals surface area (Å²) in [4.78, 5) is 0. The fourth-order valence-corrected chi connectivity index (χ4v) is 3.06. The van der Waals surface area contributed by atoms with E-state index < -0.39 is 0 Å². The molecule has 0 spiro atoms. The van der Waals surface area contributed by atoms with Crippen LogP contribution < -0.4 is 4.74 Å². The Labute approximate surface area is 127 Å². The fraction of sp³-hybridized carbons (Fsp3) is 0.0526. The van der Waals surface area contributed by atoms with E-state index in [4.69, 9.17) is 4.74 Å². The maximum Gasteiger partial charge on any atom is 0.135 e. The van der Waals surface area contributed by atoms with Crippen molar-refractivity contribution in [1.82, 2.24) is 0 Å². The zero-order chi connectivity index (χ0) is 15.3. The maximum absolute atomic E-state index is 9.74. The van der Waals surface area contributed by atoms with E-state index in [9.17, 15) is 10.2 Å². The minimum Gasteiger partial charge on any atom is -0.508 e. The standard InChI is InChI=1S/C19H14O3/c1-2-15-17-9-14(21)4-3-11(17)8-18-16-6-5-13(20)7-12(16)10-22-19(15)18/h2-9,20-21H,1,10H2. The second-order valence-corrected chi connectivity index (χ2v) is 5.41. The Morgan fingerprint density at radius 2 is 1.73 bits per heavy atom. The second-order valence-electron chi connectivity index (χ2n) is 5.41. The van der Waals surface area contributed by atoms with Crippen LogP contribution in [0.2, 0.25) is 0 Å². The summed E-state index contributed by atoms with van der Waals surface area (Å²) >= 11 is 0. The van der Waals surface area contributed by atoms with Crippen molar-refractivity contribution in [2.24, 2.45) is 0 Å². The van der Waals surface area contributed by atoms with Crippen LogP contribution in [0.4, 0.5) is 0 Å². The van der Waals surface area contributed by atoms with Crippen LogP contribution in [0.15, 0.2) is 49.0 Å². The number of rotatable bonds is 1. The average molecular weight is 290 g/mol. The Hall–Kier alpha value is -2.94. The van der Waals surface area contributed by atoms with E-state index in [0.29, 0.717) is 6.61 Å².